The third-order valence-corrected chi connectivity index (χ3v) is 3.42. The maximum absolute atomic E-state index is 9.73. The molecule has 0 bridgehead atoms. The summed E-state index contributed by atoms with van der Waals surface area (Å²) in [7, 11) is 1.57. The molecule has 0 aliphatic carbocycles. The first-order valence-electron chi connectivity index (χ1n) is 6.36. The number of phenols is 2. The molecule has 0 aliphatic heterocycles. The van der Waals surface area contributed by atoms with Gasteiger partial charge in [0.15, 0.2) is 0 Å². The van der Waals surface area contributed by atoms with Crippen LogP contribution in [0.2, 0.25) is 0 Å². The summed E-state index contributed by atoms with van der Waals surface area (Å²) < 4.78 is 5.17. The van der Waals surface area contributed by atoms with Gasteiger partial charge in [-0.1, -0.05) is 12.1 Å². The van der Waals surface area contributed by atoms with Crippen molar-refractivity contribution in [2.24, 2.45) is 0 Å². The van der Waals surface area contributed by atoms with Crippen molar-refractivity contribution in [3.05, 3.63) is 53.6 Å². The summed E-state index contributed by atoms with van der Waals surface area (Å²) in [5.41, 5.74) is 4.07. The van der Waals surface area contributed by atoms with Crippen LogP contribution in [0.4, 0.5) is 0 Å². The monoisotopic (exact) mass is 270 g/mol. The molecular weight excluding hydrogens is 252 g/mol. The number of phenolic OH excluding ortho intramolecular Hbond substituents is 2. The molecule has 0 radical (unpaired) electrons. The molecule has 0 fully saturated rings. The van der Waals surface area contributed by atoms with Gasteiger partial charge >= 0.3 is 0 Å². The van der Waals surface area contributed by atoms with E-state index in [1.54, 1.807) is 31.4 Å². The van der Waals surface area contributed by atoms with Crippen LogP contribution in [0.5, 0.6) is 17.2 Å². The second-order valence-corrected chi connectivity index (χ2v) is 4.72. The molecule has 0 saturated heterocycles. The van der Waals surface area contributed by atoms with Gasteiger partial charge in [-0.3, -0.25) is 0 Å². The number of allylic oxidation sites excluding steroid dienone is 2. The van der Waals surface area contributed by atoms with E-state index in [0.29, 0.717) is 5.75 Å². The van der Waals surface area contributed by atoms with Crippen LogP contribution < -0.4 is 4.74 Å². The van der Waals surface area contributed by atoms with Gasteiger partial charge in [-0.2, -0.15) is 0 Å². The fourth-order valence-corrected chi connectivity index (χ4v) is 2.06. The highest BCUT2D eigenvalue weighted by atomic mass is 16.5. The number of benzene rings is 2. The van der Waals surface area contributed by atoms with E-state index in [1.165, 1.54) is 0 Å². The Bertz CT molecular complexity index is 640. The minimum absolute atomic E-state index is 0.178. The van der Waals surface area contributed by atoms with Crippen molar-refractivity contribution in [1.29, 1.82) is 0 Å². The van der Waals surface area contributed by atoms with E-state index < -0.39 is 0 Å². The number of rotatable bonds is 3. The maximum atomic E-state index is 9.73. The Morgan fingerprint density at radius 1 is 0.800 bits per heavy atom. The predicted octanol–water partition coefficient (Wildman–Crippen LogP) is 4.06. The molecule has 0 amide bonds. The molecule has 0 aromatic heterocycles. The van der Waals surface area contributed by atoms with Crippen LogP contribution in [0.3, 0.4) is 0 Å². The first kappa shape index (κ1) is 14.0. The highest BCUT2D eigenvalue weighted by molar-refractivity contribution is 5.89. The van der Waals surface area contributed by atoms with Gasteiger partial charge in [-0.05, 0) is 60.4 Å². The van der Waals surface area contributed by atoms with E-state index in [0.717, 1.165) is 22.3 Å². The van der Waals surface area contributed by atoms with E-state index >= 15 is 0 Å². The highest BCUT2D eigenvalue weighted by Gasteiger charge is 2.07. The highest BCUT2D eigenvalue weighted by Crippen LogP contribution is 2.31. The SMILES string of the molecule is COc1cc(O)cc(/C(C)=C(\C)c2ccc(O)cc2)c1. The summed E-state index contributed by atoms with van der Waals surface area (Å²) in [6.45, 7) is 4.01. The van der Waals surface area contributed by atoms with E-state index in [2.05, 4.69) is 0 Å². The minimum atomic E-state index is 0.178. The van der Waals surface area contributed by atoms with Gasteiger partial charge in [-0.15, -0.1) is 0 Å². The zero-order chi connectivity index (χ0) is 14.7. The lowest BCUT2D eigenvalue weighted by Gasteiger charge is -2.11. The second kappa shape index (κ2) is 5.70. The normalized spacial score (nSPS) is 11.9. The Morgan fingerprint density at radius 2 is 1.40 bits per heavy atom. The Hall–Kier alpha value is -2.42. The summed E-state index contributed by atoms with van der Waals surface area (Å²) in [5, 5.41) is 19.1. The van der Waals surface area contributed by atoms with Gasteiger partial charge < -0.3 is 14.9 Å². The van der Waals surface area contributed by atoms with Crippen LogP contribution in [-0.2, 0) is 0 Å². The van der Waals surface area contributed by atoms with Crippen molar-refractivity contribution in [2.45, 2.75) is 13.8 Å². The summed E-state index contributed by atoms with van der Waals surface area (Å²) in [4.78, 5) is 0. The van der Waals surface area contributed by atoms with E-state index in [-0.39, 0.29) is 11.5 Å². The molecule has 2 rings (SSSR count). The minimum Gasteiger partial charge on any atom is -0.508 e. The molecule has 0 heterocycles. The summed E-state index contributed by atoms with van der Waals surface area (Å²) in [6, 6.07) is 12.2. The van der Waals surface area contributed by atoms with Crippen LogP contribution in [-0.4, -0.2) is 17.3 Å². The van der Waals surface area contributed by atoms with Crippen molar-refractivity contribution in [2.75, 3.05) is 7.11 Å². The average molecular weight is 270 g/mol. The van der Waals surface area contributed by atoms with E-state index in [9.17, 15) is 10.2 Å². The molecular formula is C17H18O3. The second-order valence-electron chi connectivity index (χ2n) is 4.72. The lowest BCUT2D eigenvalue weighted by Crippen LogP contribution is -1.89. The molecule has 2 N–H and O–H groups in total. The lowest BCUT2D eigenvalue weighted by atomic mass is 9.96. The predicted molar refractivity (Wildman–Crippen MR) is 80.9 cm³/mol. The Labute approximate surface area is 118 Å². The van der Waals surface area contributed by atoms with E-state index in [1.807, 2.05) is 32.0 Å². The van der Waals surface area contributed by atoms with Gasteiger partial charge in [0, 0.05) is 6.07 Å². The number of methoxy groups -OCH3 is 1. The quantitative estimate of drug-likeness (QED) is 0.827. The summed E-state index contributed by atoms with van der Waals surface area (Å²) in [5.74, 6) is 1.05. The third-order valence-electron chi connectivity index (χ3n) is 3.42. The van der Waals surface area contributed by atoms with E-state index in [4.69, 9.17) is 4.74 Å². The number of aromatic hydroxyl groups is 2. The fourth-order valence-electron chi connectivity index (χ4n) is 2.06. The molecule has 0 aliphatic rings. The van der Waals surface area contributed by atoms with Crippen molar-refractivity contribution < 1.29 is 14.9 Å². The molecule has 0 saturated carbocycles. The largest absolute Gasteiger partial charge is 0.508 e. The van der Waals surface area contributed by atoms with Crippen LogP contribution in [0.15, 0.2) is 42.5 Å². The van der Waals surface area contributed by atoms with Crippen molar-refractivity contribution >= 4 is 11.1 Å². The lowest BCUT2D eigenvalue weighted by molar-refractivity contribution is 0.407. The van der Waals surface area contributed by atoms with Crippen LogP contribution in [0.1, 0.15) is 25.0 Å². The molecule has 3 nitrogen and oxygen atoms in total. The Morgan fingerprint density at radius 3 is 2.00 bits per heavy atom. The van der Waals surface area contributed by atoms with Gasteiger partial charge in [0.2, 0.25) is 0 Å². The molecule has 20 heavy (non-hydrogen) atoms. The standard InChI is InChI=1S/C17H18O3/c1-11(13-4-6-15(18)7-5-13)12(2)14-8-16(19)10-17(9-14)20-3/h4-10,18-19H,1-3H3/b12-11+. The topological polar surface area (TPSA) is 49.7 Å². The molecule has 0 unspecified atom stereocenters. The molecule has 2 aromatic rings. The molecule has 2 aromatic carbocycles. The molecule has 0 spiro atoms. The van der Waals surface area contributed by atoms with Gasteiger partial charge in [0.1, 0.15) is 17.2 Å². The summed E-state index contributed by atoms with van der Waals surface area (Å²) >= 11 is 0. The number of hydrogen-bond donors (Lipinski definition) is 2. The van der Waals surface area contributed by atoms with Gasteiger partial charge in [-0.25, -0.2) is 0 Å². The number of ether oxygens (including phenoxy) is 1. The average Bonchev–Trinajstić information content (AvgIpc) is 2.45. The first-order valence-corrected chi connectivity index (χ1v) is 6.36. The Kier molecular flexibility index (Phi) is 3.99. The Balaban J connectivity index is 2.47. The van der Waals surface area contributed by atoms with Crippen LogP contribution >= 0.6 is 0 Å². The molecule has 3 heteroatoms. The summed E-state index contributed by atoms with van der Waals surface area (Å²) in [6.07, 6.45) is 0. The zero-order valence-corrected chi connectivity index (χ0v) is 11.8. The smallest absolute Gasteiger partial charge is 0.123 e. The first-order chi connectivity index (χ1) is 9.51. The van der Waals surface area contributed by atoms with Crippen LogP contribution in [0, 0.1) is 0 Å². The van der Waals surface area contributed by atoms with Crippen molar-refractivity contribution in [1.82, 2.24) is 0 Å². The zero-order valence-electron chi connectivity index (χ0n) is 11.8. The molecule has 0 atom stereocenters. The van der Waals surface area contributed by atoms with Gasteiger partial charge in [0.05, 0.1) is 7.11 Å². The number of hydrogen-bond acceptors (Lipinski definition) is 3. The third kappa shape index (κ3) is 2.94. The van der Waals surface area contributed by atoms with Gasteiger partial charge in [0.25, 0.3) is 0 Å². The molecule has 104 valence electrons. The van der Waals surface area contributed by atoms with Crippen molar-refractivity contribution in [3.8, 4) is 17.2 Å². The van der Waals surface area contributed by atoms with Crippen LogP contribution in [0.25, 0.3) is 11.1 Å². The maximum Gasteiger partial charge on any atom is 0.123 e. The van der Waals surface area contributed by atoms with Crippen molar-refractivity contribution in [3.63, 3.8) is 0 Å². The fraction of sp³-hybridized carbons (Fsp3) is 0.176.